The second kappa shape index (κ2) is 5.64. The molecule has 2 N–H and O–H groups in total. The first-order valence-corrected chi connectivity index (χ1v) is 5.94. The average molecular weight is 272 g/mol. The standard InChI is InChI=1S/C12H18BrNO/c1-3-12(2,14)9-15-8-10-5-4-6-11(13)7-10/h4-7H,3,8-9,14H2,1-2H3. The van der Waals surface area contributed by atoms with Crippen LogP contribution in [0.1, 0.15) is 25.8 Å². The maximum absolute atomic E-state index is 5.98. The maximum atomic E-state index is 5.98. The van der Waals surface area contributed by atoms with E-state index in [1.807, 2.05) is 25.1 Å². The van der Waals surface area contributed by atoms with Crippen molar-refractivity contribution in [1.82, 2.24) is 0 Å². The van der Waals surface area contributed by atoms with Crippen LogP contribution in [0, 0.1) is 0 Å². The number of hydrogen-bond acceptors (Lipinski definition) is 2. The molecule has 1 unspecified atom stereocenters. The number of rotatable bonds is 5. The second-order valence-electron chi connectivity index (χ2n) is 4.13. The molecule has 0 aliphatic carbocycles. The zero-order chi connectivity index (χ0) is 11.3. The lowest BCUT2D eigenvalue weighted by Crippen LogP contribution is -2.40. The Morgan fingerprint density at radius 1 is 1.47 bits per heavy atom. The Labute approximate surface area is 99.9 Å². The Balaban J connectivity index is 2.38. The molecular weight excluding hydrogens is 254 g/mol. The molecule has 0 heterocycles. The van der Waals surface area contributed by atoms with Gasteiger partial charge in [0.05, 0.1) is 13.2 Å². The predicted octanol–water partition coefficient (Wildman–Crippen LogP) is 3.09. The fraction of sp³-hybridized carbons (Fsp3) is 0.500. The van der Waals surface area contributed by atoms with Crippen LogP contribution in [0.5, 0.6) is 0 Å². The quantitative estimate of drug-likeness (QED) is 0.894. The average Bonchev–Trinajstić information content (AvgIpc) is 2.18. The highest BCUT2D eigenvalue weighted by atomic mass is 79.9. The van der Waals surface area contributed by atoms with Gasteiger partial charge < -0.3 is 10.5 Å². The number of benzene rings is 1. The summed E-state index contributed by atoms with van der Waals surface area (Å²) in [7, 11) is 0. The third kappa shape index (κ3) is 4.78. The summed E-state index contributed by atoms with van der Waals surface area (Å²) in [6, 6.07) is 8.11. The topological polar surface area (TPSA) is 35.2 Å². The monoisotopic (exact) mass is 271 g/mol. The van der Waals surface area contributed by atoms with Gasteiger partial charge in [-0.25, -0.2) is 0 Å². The van der Waals surface area contributed by atoms with Crippen molar-refractivity contribution >= 4 is 15.9 Å². The molecule has 0 amide bonds. The van der Waals surface area contributed by atoms with Gasteiger partial charge >= 0.3 is 0 Å². The van der Waals surface area contributed by atoms with Crippen LogP contribution in [0.4, 0.5) is 0 Å². The number of hydrogen-bond donors (Lipinski definition) is 1. The van der Waals surface area contributed by atoms with Crippen molar-refractivity contribution in [2.45, 2.75) is 32.4 Å². The van der Waals surface area contributed by atoms with Crippen molar-refractivity contribution in [1.29, 1.82) is 0 Å². The first kappa shape index (κ1) is 12.7. The third-order valence-electron chi connectivity index (χ3n) is 2.40. The Hall–Kier alpha value is -0.380. The van der Waals surface area contributed by atoms with Gasteiger partial charge in [-0.3, -0.25) is 0 Å². The predicted molar refractivity (Wildman–Crippen MR) is 66.7 cm³/mol. The van der Waals surface area contributed by atoms with E-state index in [2.05, 4.69) is 28.9 Å². The van der Waals surface area contributed by atoms with Crippen molar-refractivity contribution in [2.75, 3.05) is 6.61 Å². The summed E-state index contributed by atoms with van der Waals surface area (Å²) >= 11 is 3.43. The van der Waals surface area contributed by atoms with E-state index in [1.165, 1.54) is 0 Å². The molecule has 1 atom stereocenters. The molecule has 84 valence electrons. The van der Waals surface area contributed by atoms with E-state index < -0.39 is 0 Å². The van der Waals surface area contributed by atoms with Crippen LogP contribution in [0.25, 0.3) is 0 Å². The third-order valence-corrected chi connectivity index (χ3v) is 2.89. The SMILES string of the molecule is CCC(C)(N)COCc1cccc(Br)c1. The molecule has 1 aromatic rings. The summed E-state index contributed by atoms with van der Waals surface area (Å²) in [5, 5.41) is 0. The van der Waals surface area contributed by atoms with Gasteiger partial charge in [-0.2, -0.15) is 0 Å². The first-order chi connectivity index (χ1) is 7.03. The van der Waals surface area contributed by atoms with Gasteiger partial charge in [0.25, 0.3) is 0 Å². The molecule has 0 saturated heterocycles. The van der Waals surface area contributed by atoms with Crippen molar-refractivity contribution in [2.24, 2.45) is 5.73 Å². The van der Waals surface area contributed by atoms with E-state index in [-0.39, 0.29) is 5.54 Å². The molecule has 3 heteroatoms. The second-order valence-corrected chi connectivity index (χ2v) is 5.05. The molecule has 0 saturated carbocycles. The molecule has 2 nitrogen and oxygen atoms in total. The molecule has 0 spiro atoms. The van der Waals surface area contributed by atoms with Crippen LogP contribution in [0.2, 0.25) is 0 Å². The lowest BCUT2D eigenvalue weighted by molar-refractivity contribution is 0.0777. The van der Waals surface area contributed by atoms with Crippen molar-refractivity contribution in [3.8, 4) is 0 Å². The van der Waals surface area contributed by atoms with E-state index >= 15 is 0 Å². The minimum absolute atomic E-state index is 0.216. The molecule has 0 aliphatic rings. The van der Waals surface area contributed by atoms with Crippen LogP contribution < -0.4 is 5.73 Å². The van der Waals surface area contributed by atoms with Gasteiger partial charge in [-0.1, -0.05) is 35.0 Å². The van der Waals surface area contributed by atoms with Crippen LogP contribution in [0.3, 0.4) is 0 Å². The number of ether oxygens (including phenoxy) is 1. The molecule has 0 aliphatic heterocycles. The Kier molecular flexibility index (Phi) is 4.77. The Morgan fingerprint density at radius 3 is 2.80 bits per heavy atom. The van der Waals surface area contributed by atoms with E-state index in [0.29, 0.717) is 13.2 Å². The van der Waals surface area contributed by atoms with E-state index in [9.17, 15) is 0 Å². The lowest BCUT2D eigenvalue weighted by atomic mass is 10.0. The minimum Gasteiger partial charge on any atom is -0.375 e. The Morgan fingerprint density at radius 2 is 2.20 bits per heavy atom. The summed E-state index contributed by atoms with van der Waals surface area (Å²) < 4.78 is 6.66. The van der Waals surface area contributed by atoms with Gasteiger partial charge in [0.1, 0.15) is 0 Å². The van der Waals surface area contributed by atoms with Gasteiger partial charge in [-0.05, 0) is 31.0 Å². The molecular formula is C12H18BrNO. The normalized spacial score (nSPS) is 14.9. The maximum Gasteiger partial charge on any atom is 0.0718 e. The molecule has 0 aromatic heterocycles. The highest BCUT2D eigenvalue weighted by Gasteiger charge is 2.15. The van der Waals surface area contributed by atoms with Gasteiger partial charge in [0, 0.05) is 10.0 Å². The largest absolute Gasteiger partial charge is 0.375 e. The summed E-state index contributed by atoms with van der Waals surface area (Å²) in [5.41, 5.74) is 6.92. The van der Waals surface area contributed by atoms with Crippen LogP contribution in [0.15, 0.2) is 28.7 Å². The lowest BCUT2D eigenvalue weighted by Gasteiger charge is -2.22. The summed E-state index contributed by atoms with van der Waals surface area (Å²) in [6.07, 6.45) is 0.922. The van der Waals surface area contributed by atoms with Crippen LogP contribution in [-0.4, -0.2) is 12.1 Å². The molecule has 0 radical (unpaired) electrons. The van der Waals surface area contributed by atoms with Gasteiger partial charge in [-0.15, -0.1) is 0 Å². The zero-order valence-corrected chi connectivity index (χ0v) is 10.9. The van der Waals surface area contributed by atoms with E-state index in [0.717, 1.165) is 16.5 Å². The van der Waals surface area contributed by atoms with Crippen LogP contribution in [-0.2, 0) is 11.3 Å². The summed E-state index contributed by atoms with van der Waals surface area (Å²) in [6.45, 7) is 5.29. The summed E-state index contributed by atoms with van der Waals surface area (Å²) in [4.78, 5) is 0. The molecule has 15 heavy (non-hydrogen) atoms. The molecule has 0 bridgehead atoms. The summed E-state index contributed by atoms with van der Waals surface area (Å²) in [5.74, 6) is 0. The smallest absolute Gasteiger partial charge is 0.0718 e. The van der Waals surface area contributed by atoms with Gasteiger partial charge in [0.15, 0.2) is 0 Å². The van der Waals surface area contributed by atoms with Crippen molar-refractivity contribution < 1.29 is 4.74 Å². The highest BCUT2D eigenvalue weighted by Crippen LogP contribution is 2.13. The number of halogens is 1. The van der Waals surface area contributed by atoms with Crippen LogP contribution >= 0.6 is 15.9 Å². The zero-order valence-electron chi connectivity index (χ0n) is 9.29. The van der Waals surface area contributed by atoms with E-state index in [1.54, 1.807) is 0 Å². The van der Waals surface area contributed by atoms with Crippen molar-refractivity contribution in [3.05, 3.63) is 34.3 Å². The fourth-order valence-electron chi connectivity index (χ4n) is 1.13. The molecule has 1 aromatic carbocycles. The number of nitrogens with two attached hydrogens (primary N) is 1. The molecule has 0 fully saturated rings. The first-order valence-electron chi connectivity index (χ1n) is 5.14. The fourth-order valence-corrected chi connectivity index (χ4v) is 1.58. The van der Waals surface area contributed by atoms with Gasteiger partial charge in [0.2, 0.25) is 0 Å². The minimum atomic E-state index is -0.216. The highest BCUT2D eigenvalue weighted by molar-refractivity contribution is 9.10. The van der Waals surface area contributed by atoms with Crippen molar-refractivity contribution in [3.63, 3.8) is 0 Å². The Bertz CT molecular complexity index is 312. The molecule has 1 rings (SSSR count). The van der Waals surface area contributed by atoms with E-state index in [4.69, 9.17) is 10.5 Å².